The second-order valence-electron chi connectivity index (χ2n) is 4.35. The molecule has 0 aliphatic carbocycles. The van der Waals surface area contributed by atoms with Gasteiger partial charge in [-0.05, 0) is 31.9 Å². The standard InChI is InChI=1S/C12H19NO3S/c1-10-4-6-12(7-5-10)17(14,15)13-9-11-3-2-8-16-11/h4-7,11,13-15H,2-3,8-9H2,1H3. The van der Waals surface area contributed by atoms with Crippen molar-refractivity contribution >= 4 is 10.8 Å². The van der Waals surface area contributed by atoms with E-state index in [1.54, 1.807) is 12.1 Å². The van der Waals surface area contributed by atoms with E-state index in [1.807, 2.05) is 19.1 Å². The molecule has 5 heteroatoms. The Balaban J connectivity index is 1.94. The molecule has 1 aromatic carbocycles. The van der Waals surface area contributed by atoms with E-state index in [0.29, 0.717) is 11.4 Å². The first-order chi connectivity index (χ1) is 8.08. The summed E-state index contributed by atoms with van der Waals surface area (Å²) in [4.78, 5) is 0.529. The zero-order valence-corrected chi connectivity index (χ0v) is 10.7. The molecular formula is C12H19NO3S. The fourth-order valence-electron chi connectivity index (χ4n) is 1.83. The molecule has 0 amide bonds. The highest BCUT2D eigenvalue weighted by molar-refractivity contribution is 8.22. The molecule has 0 radical (unpaired) electrons. The van der Waals surface area contributed by atoms with Crippen LogP contribution in [0.2, 0.25) is 0 Å². The van der Waals surface area contributed by atoms with Gasteiger partial charge in [0.25, 0.3) is 0 Å². The minimum atomic E-state index is -2.89. The van der Waals surface area contributed by atoms with Crippen LogP contribution in [0.4, 0.5) is 0 Å². The molecule has 1 aliphatic heterocycles. The molecule has 0 bridgehead atoms. The minimum Gasteiger partial charge on any atom is -0.377 e. The van der Waals surface area contributed by atoms with Gasteiger partial charge in [-0.1, -0.05) is 17.7 Å². The molecule has 1 unspecified atom stereocenters. The van der Waals surface area contributed by atoms with Gasteiger partial charge in [0.2, 0.25) is 0 Å². The van der Waals surface area contributed by atoms with E-state index >= 15 is 0 Å². The molecule has 1 heterocycles. The molecule has 1 saturated heterocycles. The Morgan fingerprint density at radius 3 is 2.65 bits per heavy atom. The Labute approximate surface area is 103 Å². The van der Waals surface area contributed by atoms with E-state index < -0.39 is 10.8 Å². The maximum atomic E-state index is 10.0. The van der Waals surface area contributed by atoms with Crippen LogP contribution in [0.15, 0.2) is 29.2 Å². The molecule has 1 fully saturated rings. The predicted molar refractivity (Wildman–Crippen MR) is 69.3 cm³/mol. The van der Waals surface area contributed by atoms with E-state index in [9.17, 15) is 9.11 Å². The van der Waals surface area contributed by atoms with Crippen LogP contribution in [0.25, 0.3) is 0 Å². The van der Waals surface area contributed by atoms with Crippen LogP contribution in [0.3, 0.4) is 0 Å². The number of ether oxygens (including phenoxy) is 1. The van der Waals surface area contributed by atoms with Gasteiger partial charge >= 0.3 is 0 Å². The number of aryl methyl sites for hydroxylation is 1. The van der Waals surface area contributed by atoms with Crippen LogP contribution in [-0.2, 0) is 4.74 Å². The van der Waals surface area contributed by atoms with E-state index in [4.69, 9.17) is 4.74 Å². The van der Waals surface area contributed by atoms with E-state index in [2.05, 4.69) is 4.72 Å². The molecule has 0 spiro atoms. The molecule has 0 saturated carbocycles. The Morgan fingerprint density at radius 2 is 2.06 bits per heavy atom. The summed E-state index contributed by atoms with van der Waals surface area (Å²) in [5.74, 6) is 0. The predicted octanol–water partition coefficient (Wildman–Crippen LogP) is 2.79. The Bertz CT molecular complexity index is 361. The van der Waals surface area contributed by atoms with Crippen molar-refractivity contribution in [1.29, 1.82) is 0 Å². The molecule has 3 N–H and O–H groups in total. The molecule has 1 aromatic rings. The van der Waals surface area contributed by atoms with Gasteiger partial charge in [-0.25, -0.2) is 4.72 Å². The lowest BCUT2D eigenvalue weighted by Crippen LogP contribution is -2.29. The van der Waals surface area contributed by atoms with Crippen LogP contribution in [0.1, 0.15) is 18.4 Å². The third-order valence-electron chi connectivity index (χ3n) is 2.89. The maximum Gasteiger partial charge on any atom is 0.0750 e. The van der Waals surface area contributed by atoms with Gasteiger partial charge in [0.15, 0.2) is 0 Å². The summed E-state index contributed by atoms with van der Waals surface area (Å²) >= 11 is 0. The van der Waals surface area contributed by atoms with Gasteiger partial charge in [-0.2, -0.15) is 0 Å². The van der Waals surface area contributed by atoms with Crippen molar-refractivity contribution in [2.75, 3.05) is 13.2 Å². The van der Waals surface area contributed by atoms with Gasteiger partial charge in [0.1, 0.15) is 0 Å². The smallest absolute Gasteiger partial charge is 0.0750 e. The number of rotatable bonds is 4. The van der Waals surface area contributed by atoms with Crippen molar-refractivity contribution in [1.82, 2.24) is 4.72 Å². The summed E-state index contributed by atoms with van der Waals surface area (Å²) in [5, 5.41) is 0. The second-order valence-corrected chi connectivity index (χ2v) is 6.20. The highest BCUT2D eigenvalue weighted by atomic mass is 32.3. The number of nitrogens with one attached hydrogen (secondary N) is 1. The van der Waals surface area contributed by atoms with Crippen LogP contribution < -0.4 is 4.72 Å². The summed E-state index contributed by atoms with van der Waals surface area (Å²) in [5.41, 5.74) is 1.10. The minimum absolute atomic E-state index is 0.103. The van der Waals surface area contributed by atoms with Crippen LogP contribution in [-0.4, -0.2) is 28.4 Å². The highest BCUT2D eigenvalue weighted by Gasteiger charge is 2.20. The zero-order valence-electron chi connectivity index (χ0n) is 9.93. The first-order valence-electron chi connectivity index (χ1n) is 5.79. The van der Waals surface area contributed by atoms with Gasteiger partial charge in [-0.15, -0.1) is 10.8 Å². The third-order valence-corrected chi connectivity index (χ3v) is 4.38. The molecule has 1 aliphatic rings. The van der Waals surface area contributed by atoms with Crippen LogP contribution >= 0.6 is 10.8 Å². The average Bonchev–Trinajstić information content (AvgIpc) is 2.80. The summed E-state index contributed by atoms with van der Waals surface area (Å²) in [6.07, 6.45) is 2.14. The van der Waals surface area contributed by atoms with Gasteiger partial charge in [-0.3, -0.25) is 9.11 Å². The number of hydrogen-bond acceptors (Lipinski definition) is 4. The van der Waals surface area contributed by atoms with Crippen molar-refractivity contribution in [3.8, 4) is 0 Å². The Hall–Kier alpha value is -0.590. The molecule has 4 nitrogen and oxygen atoms in total. The zero-order chi connectivity index (χ0) is 12.3. The largest absolute Gasteiger partial charge is 0.377 e. The fourth-order valence-corrected chi connectivity index (χ4v) is 2.93. The average molecular weight is 257 g/mol. The van der Waals surface area contributed by atoms with E-state index in [0.717, 1.165) is 25.0 Å². The van der Waals surface area contributed by atoms with Gasteiger partial charge in [0, 0.05) is 13.2 Å². The molecule has 0 aromatic heterocycles. The lowest BCUT2D eigenvalue weighted by Gasteiger charge is -2.34. The third kappa shape index (κ3) is 3.43. The Morgan fingerprint density at radius 1 is 1.35 bits per heavy atom. The van der Waals surface area contributed by atoms with Gasteiger partial charge in [0.05, 0.1) is 11.0 Å². The van der Waals surface area contributed by atoms with Gasteiger partial charge < -0.3 is 4.74 Å². The number of hydrogen-bond donors (Lipinski definition) is 3. The fraction of sp³-hybridized carbons (Fsp3) is 0.500. The lowest BCUT2D eigenvalue weighted by atomic mass is 10.2. The number of benzene rings is 1. The summed E-state index contributed by atoms with van der Waals surface area (Å²) in [6.45, 7) is 3.22. The molecule has 1 atom stereocenters. The molecule has 2 rings (SSSR count). The lowest BCUT2D eigenvalue weighted by molar-refractivity contribution is 0.114. The summed E-state index contributed by atoms with van der Waals surface area (Å²) < 4.78 is 28.3. The summed E-state index contributed by atoms with van der Waals surface area (Å²) in [7, 11) is -2.89. The molecular weight excluding hydrogens is 238 g/mol. The van der Waals surface area contributed by atoms with Crippen molar-refractivity contribution in [2.24, 2.45) is 0 Å². The van der Waals surface area contributed by atoms with Crippen molar-refractivity contribution in [3.63, 3.8) is 0 Å². The van der Waals surface area contributed by atoms with E-state index in [-0.39, 0.29) is 6.10 Å². The van der Waals surface area contributed by atoms with E-state index in [1.165, 1.54) is 0 Å². The molecule has 17 heavy (non-hydrogen) atoms. The monoisotopic (exact) mass is 257 g/mol. The second kappa shape index (κ2) is 5.37. The first-order valence-corrected chi connectivity index (χ1v) is 7.34. The van der Waals surface area contributed by atoms with Crippen molar-refractivity contribution in [2.45, 2.75) is 30.8 Å². The Kier molecular flexibility index (Phi) is 4.06. The SMILES string of the molecule is Cc1ccc(S(O)(O)NCC2CCCO2)cc1. The quantitative estimate of drug-likeness (QED) is 0.776. The topological polar surface area (TPSA) is 61.7 Å². The van der Waals surface area contributed by atoms with Crippen molar-refractivity contribution < 1.29 is 13.8 Å². The normalized spacial score (nSPS) is 21.7. The van der Waals surface area contributed by atoms with Crippen LogP contribution in [0.5, 0.6) is 0 Å². The maximum absolute atomic E-state index is 10.0. The molecule has 96 valence electrons. The summed E-state index contributed by atoms with van der Waals surface area (Å²) in [6, 6.07) is 7.23. The van der Waals surface area contributed by atoms with Crippen molar-refractivity contribution in [3.05, 3.63) is 29.8 Å². The highest BCUT2D eigenvalue weighted by Crippen LogP contribution is 2.43. The first kappa shape index (κ1) is 12.9. The van der Waals surface area contributed by atoms with Crippen LogP contribution in [0, 0.1) is 6.92 Å².